The van der Waals surface area contributed by atoms with Gasteiger partial charge in [-0.25, -0.2) is 0 Å². The third-order valence-corrected chi connectivity index (χ3v) is 6.55. The quantitative estimate of drug-likeness (QED) is 0.380. The summed E-state index contributed by atoms with van der Waals surface area (Å²) >= 11 is 5.37. The van der Waals surface area contributed by atoms with Crippen molar-refractivity contribution in [2.45, 2.75) is 6.54 Å². The van der Waals surface area contributed by atoms with Crippen LogP contribution in [0.1, 0.15) is 15.9 Å². The summed E-state index contributed by atoms with van der Waals surface area (Å²) < 4.78 is 0. The van der Waals surface area contributed by atoms with E-state index in [4.69, 9.17) is 12.2 Å². The van der Waals surface area contributed by atoms with Gasteiger partial charge in [0.1, 0.15) is 0 Å². The zero-order chi connectivity index (χ0) is 24.0. The van der Waals surface area contributed by atoms with Crippen molar-refractivity contribution in [1.29, 1.82) is 0 Å². The average Bonchev–Trinajstić information content (AvgIpc) is 2.90. The van der Waals surface area contributed by atoms with Crippen LogP contribution in [0.5, 0.6) is 0 Å². The summed E-state index contributed by atoms with van der Waals surface area (Å²) in [4.78, 5) is 17.5. The van der Waals surface area contributed by atoms with Crippen LogP contribution in [0.2, 0.25) is 0 Å². The van der Waals surface area contributed by atoms with E-state index in [9.17, 15) is 4.79 Å². The first kappa shape index (κ1) is 23.0. The van der Waals surface area contributed by atoms with Gasteiger partial charge in [0.25, 0.3) is 5.91 Å². The van der Waals surface area contributed by atoms with E-state index in [2.05, 4.69) is 62.9 Å². The standard InChI is InChI=1S/C29H28N4OS/c34-28(25-11-10-23-8-4-5-9-24(23)20-25)31-29(35)30-26-12-14-27(15-13-26)33-18-16-32(17-19-33)21-22-6-2-1-3-7-22/h1-15,20H,16-19,21H2,(H2,30,31,34,35). The fourth-order valence-electron chi connectivity index (χ4n) is 4.43. The molecular formula is C29H28N4OS. The van der Waals surface area contributed by atoms with E-state index in [1.165, 1.54) is 11.3 Å². The number of hydrogen-bond acceptors (Lipinski definition) is 4. The number of carbonyl (C=O) groups is 1. The maximum atomic E-state index is 12.6. The Balaban J connectivity index is 1.12. The molecule has 0 bridgehead atoms. The molecule has 2 N–H and O–H groups in total. The number of fused-ring (bicyclic) bond motifs is 1. The summed E-state index contributed by atoms with van der Waals surface area (Å²) in [5.41, 5.74) is 3.98. The number of rotatable bonds is 5. The molecule has 0 spiro atoms. The summed E-state index contributed by atoms with van der Waals surface area (Å²) in [6, 6.07) is 32.4. The fourth-order valence-corrected chi connectivity index (χ4v) is 4.64. The van der Waals surface area contributed by atoms with Gasteiger partial charge in [-0.15, -0.1) is 0 Å². The molecule has 1 aliphatic heterocycles. The molecule has 1 heterocycles. The molecule has 1 amide bonds. The summed E-state index contributed by atoms with van der Waals surface area (Å²) in [7, 11) is 0. The number of piperazine rings is 1. The molecule has 0 unspecified atom stereocenters. The summed E-state index contributed by atoms with van der Waals surface area (Å²) in [5, 5.41) is 8.30. The van der Waals surface area contributed by atoms with E-state index in [0.717, 1.165) is 49.2 Å². The van der Waals surface area contributed by atoms with Crippen molar-refractivity contribution < 1.29 is 4.79 Å². The molecule has 1 saturated heterocycles. The molecule has 176 valence electrons. The normalized spacial score (nSPS) is 14.0. The van der Waals surface area contributed by atoms with Gasteiger partial charge in [0.15, 0.2) is 5.11 Å². The van der Waals surface area contributed by atoms with Gasteiger partial charge < -0.3 is 10.2 Å². The number of anilines is 2. The Morgan fingerprint density at radius 2 is 1.46 bits per heavy atom. The molecule has 0 saturated carbocycles. The predicted molar refractivity (Wildman–Crippen MR) is 148 cm³/mol. The lowest BCUT2D eigenvalue weighted by atomic mass is 10.1. The van der Waals surface area contributed by atoms with Gasteiger partial charge in [-0.2, -0.15) is 0 Å². The number of hydrogen-bond donors (Lipinski definition) is 2. The first-order valence-electron chi connectivity index (χ1n) is 11.9. The SMILES string of the molecule is O=C(NC(=S)Nc1ccc(N2CCN(Cc3ccccc3)CC2)cc1)c1ccc2ccccc2c1. The van der Waals surface area contributed by atoms with E-state index in [-0.39, 0.29) is 11.0 Å². The highest BCUT2D eigenvalue weighted by Crippen LogP contribution is 2.20. The summed E-state index contributed by atoms with van der Waals surface area (Å²) in [6.45, 7) is 5.08. The Bertz CT molecular complexity index is 1320. The second-order valence-electron chi connectivity index (χ2n) is 8.77. The average molecular weight is 481 g/mol. The topological polar surface area (TPSA) is 47.6 Å². The lowest BCUT2D eigenvalue weighted by Gasteiger charge is -2.36. The van der Waals surface area contributed by atoms with Crippen molar-refractivity contribution in [3.8, 4) is 0 Å². The van der Waals surface area contributed by atoms with E-state index < -0.39 is 0 Å². The highest BCUT2D eigenvalue weighted by molar-refractivity contribution is 7.80. The Morgan fingerprint density at radius 3 is 2.20 bits per heavy atom. The smallest absolute Gasteiger partial charge is 0.257 e. The monoisotopic (exact) mass is 480 g/mol. The van der Waals surface area contributed by atoms with Gasteiger partial charge in [0, 0.05) is 49.7 Å². The molecule has 35 heavy (non-hydrogen) atoms. The van der Waals surface area contributed by atoms with E-state index in [1.807, 2.05) is 54.6 Å². The minimum absolute atomic E-state index is 0.224. The Hall–Kier alpha value is -3.74. The maximum absolute atomic E-state index is 12.6. The maximum Gasteiger partial charge on any atom is 0.257 e. The van der Waals surface area contributed by atoms with Gasteiger partial charge in [0.2, 0.25) is 0 Å². The molecule has 5 rings (SSSR count). The molecule has 0 aliphatic carbocycles. The third-order valence-electron chi connectivity index (χ3n) is 6.35. The lowest BCUT2D eigenvalue weighted by Crippen LogP contribution is -2.45. The van der Waals surface area contributed by atoms with Crippen LogP contribution in [-0.4, -0.2) is 42.1 Å². The van der Waals surface area contributed by atoms with Gasteiger partial charge >= 0.3 is 0 Å². The third kappa shape index (κ3) is 5.85. The van der Waals surface area contributed by atoms with Crippen molar-refractivity contribution >= 4 is 45.4 Å². The van der Waals surface area contributed by atoms with Gasteiger partial charge in [-0.05, 0) is 65.0 Å². The molecule has 4 aromatic carbocycles. The van der Waals surface area contributed by atoms with Gasteiger partial charge in [-0.3, -0.25) is 15.0 Å². The summed E-state index contributed by atoms with van der Waals surface area (Å²) in [5.74, 6) is -0.224. The van der Waals surface area contributed by atoms with Crippen LogP contribution in [0.25, 0.3) is 10.8 Å². The minimum atomic E-state index is -0.224. The number of nitrogens with one attached hydrogen (secondary N) is 2. The Labute approximate surface area is 211 Å². The molecule has 4 aromatic rings. The van der Waals surface area contributed by atoms with Crippen molar-refractivity contribution in [3.63, 3.8) is 0 Å². The van der Waals surface area contributed by atoms with Crippen molar-refractivity contribution in [2.24, 2.45) is 0 Å². The summed E-state index contributed by atoms with van der Waals surface area (Å²) in [6.07, 6.45) is 0. The molecule has 5 nitrogen and oxygen atoms in total. The van der Waals surface area contributed by atoms with Crippen LogP contribution in [-0.2, 0) is 6.54 Å². The zero-order valence-corrected chi connectivity index (χ0v) is 20.3. The molecule has 0 radical (unpaired) electrons. The fraction of sp³-hybridized carbons (Fsp3) is 0.172. The highest BCUT2D eigenvalue weighted by Gasteiger charge is 2.17. The number of thiocarbonyl (C=S) groups is 1. The van der Waals surface area contributed by atoms with Gasteiger partial charge in [-0.1, -0.05) is 60.7 Å². The van der Waals surface area contributed by atoms with E-state index in [1.54, 1.807) is 0 Å². The second kappa shape index (κ2) is 10.7. The van der Waals surface area contributed by atoms with Crippen LogP contribution in [0.3, 0.4) is 0 Å². The van der Waals surface area contributed by atoms with Crippen LogP contribution in [0.4, 0.5) is 11.4 Å². The van der Waals surface area contributed by atoms with Crippen molar-refractivity contribution in [2.75, 3.05) is 36.4 Å². The van der Waals surface area contributed by atoms with Crippen LogP contribution in [0, 0.1) is 0 Å². The van der Waals surface area contributed by atoms with Crippen LogP contribution >= 0.6 is 12.2 Å². The molecule has 6 heteroatoms. The Kier molecular flexibility index (Phi) is 7.02. The molecular weight excluding hydrogens is 452 g/mol. The number of amides is 1. The van der Waals surface area contributed by atoms with Crippen molar-refractivity contribution in [3.05, 3.63) is 108 Å². The molecule has 1 aliphatic rings. The molecule has 0 atom stereocenters. The first-order chi connectivity index (χ1) is 17.1. The predicted octanol–water partition coefficient (Wildman–Crippen LogP) is 5.29. The minimum Gasteiger partial charge on any atom is -0.369 e. The van der Waals surface area contributed by atoms with Crippen molar-refractivity contribution in [1.82, 2.24) is 10.2 Å². The second-order valence-corrected chi connectivity index (χ2v) is 9.17. The first-order valence-corrected chi connectivity index (χ1v) is 12.3. The largest absolute Gasteiger partial charge is 0.369 e. The van der Waals surface area contributed by atoms with E-state index in [0.29, 0.717) is 5.56 Å². The number of carbonyl (C=O) groups excluding carboxylic acids is 1. The van der Waals surface area contributed by atoms with Gasteiger partial charge in [0.05, 0.1) is 0 Å². The lowest BCUT2D eigenvalue weighted by molar-refractivity contribution is 0.0978. The van der Waals surface area contributed by atoms with Crippen LogP contribution < -0.4 is 15.5 Å². The molecule has 1 fully saturated rings. The van der Waals surface area contributed by atoms with E-state index >= 15 is 0 Å². The highest BCUT2D eigenvalue weighted by atomic mass is 32.1. The molecule has 0 aromatic heterocycles. The zero-order valence-electron chi connectivity index (χ0n) is 19.5. The number of benzene rings is 4. The number of nitrogens with zero attached hydrogens (tertiary/aromatic N) is 2. The Morgan fingerprint density at radius 1 is 0.771 bits per heavy atom. The van der Waals surface area contributed by atoms with Crippen LogP contribution in [0.15, 0.2) is 97.1 Å².